The molecule has 0 bridgehead atoms. The monoisotopic (exact) mass is 340 g/mol. The van der Waals surface area contributed by atoms with Crippen LogP contribution in [0.4, 0.5) is 0 Å². The van der Waals surface area contributed by atoms with Crippen LogP contribution in [-0.2, 0) is 13.0 Å². The first-order chi connectivity index (χ1) is 10.5. The number of amides is 1. The standard InChI is InChI=1S/C17H28N4O.ClH/c1-4-16-13(7-19-21(16)8-11(2)3)17(22)20-9-12-5-6-15(18)14(12)10-20;/h7,11-12,14-15H,4-6,8-10,18H2,1-3H3;1H. The first-order valence-corrected chi connectivity index (χ1v) is 8.60. The lowest BCUT2D eigenvalue weighted by molar-refractivity contribution is 0.0778. The van der Waals surface area contributed by atoms with Crippen molar-refractivity contribution in [1.82, 2.24) is 14.7 Å². The molecule has 130 valence electrons. The van der Waals surface area contributed by atoms with Gasteiger partial charge < -0.3 is 10.6 Å². The molecule has 2 heterocycles. The zero-order chi connectivity index (χ0) is 15.9. The summed E-state index contributed by atoms with van der Waals surface area (Å²) in [4.78, 5) is 14.9. The quantitative estimate of drug-likeness (QED) is 0.914. The largest absolute Gasteiger partial charge is 0.338 e. The van der Waals surface area contributed by atoms with Crippen LogP contribution in [0.1, 0.15) is 49.7 Å². The van der Waals surface area contributed by atoms with Crippen molar-refractivity contribution in [2.24, 2.45) is 23.5 Å². The molecule has 5 nitrogen and oxygen atoms in total. The molecule has 2 N–H and O–H groups in total. The van der Waals surface area contributed by atoms with Crippen LogP contribution in [0, 0.1) is 17.8 Å². The summed E-state index contributed by atoms with van der Waals surface area (Å²) in [5.41, 5.74) is 8.04. The molecular weight excluding hydrogens is 312 g/mol. The van der Waals surface area contributed by atoms with Gasteiger partial charge in [0, 0.05) is 25.7 Å². The number of carbonyl (C=O) groups is 1. The molecule has 1 aromatic heterocycles. The summed E-state index contributed by atoms with van der Waals surface area (Å²) in [5.74, 6) is 1.78. The summed E-state index contributed by atoms with van der Waals surface area (Å²) in [6.45, 7) is 9.00. The molecule has 0 spiro atoms. The Balaban J connectivity index is 0.00000192. The average molecular weight is 341 g/mol. The maximum absolute atomic E-state index is 12.9. The normalized spacial score (nSPS) is 26.5. The van der Waals surface area contributed by atoms with Gasteiger partial charge in [0.25, 0.3) is 5.91 Å². The molecule has 1 aliphatic heterocycles. The predicted molar refractivity (Wildman–Crippen MR) is 93.8 cm³/mol. The molecule has 0 radical (unpaired) electrons. The van der Waals surface area contributed by atoms with E-state index in [-0.39, 0.29) is 24.4 Å². The Morgan fingerprint density at radius 1 is 1.39 bits per heavy atom. The Morgan fingerprint density at radius 3 is 2.74 bits per heavy atom. The van der Waals surface area contributed by atoms with E-state index in [1.165, 1.54) is 6.42 Å². The van der Waals surface area contributed by atoms with Gasteiger partial charge in [-0.05, 0) is 37.0 Å². The van der Waals surface area contributed by atoms with Crippen molar-refractivity contribution in [1.29, 1.82) is 0 Å². The lowest BCUT2D eigenvalue weighted by atomic mass is 9.98. The van der Waals surface area contributed by atoms with Crippen molar-refractivity contribution in [2.45, 2.75) is 52.6 Å². The third kappa shape index (κ3) is 3.41. The zero-order valence-corrected chi connectivity index (χ0v) is 15.2. The molecule has 3 unspecified atom stereocenters. The average Bonchev–Trinajstić information content (AvgIpc) is 3.14. The third-order valence-corrected chi connectivity index (χ3v) is 5.25. The van der Waals surface area contributed by atoms with Crippen molar-refractivity contribution in [3.05, 3.63) is 17.5 Å². The minimum atomic E-state index is 0. The van der Waals surface area contributed by atoms with E-state index in [0.29, 0.717) is 17.8 Å². The first-order valence-electron chi connectivity index (χ1n) is 8.60. The molecule has 2 aliphatic rings. The second-order valence-electron chi connectivity index (χ2n) is 7.31. The Morgan fingerprint density at radius 2 is 2.13 bits per heavy atom. The summed E-state index contributed by atoms with van der Waals surface area (Å²) < 4.78 is 2.00. The molecule has 1 aliphatic carbocycles. The van der Waals surface area contributed by atoms with E-state index in [1.54, 1.807) is 6.20 Å². The molecular formula is C17H29ClN4O. The van der Waals surface area contributed by atoms with Crippen LogP contribution in [0.15, 0.2) is 6.20 Å². The molecule has 3 rings (SSSR count). The summed E-state index contributed by atoms with van der Waals surface area (Å²) in [6, 6.07) is 0.275. The molecule has 1 aromatic rings. The molecule has 1 saturated carbocycles. The van der Waals surface area contributed by atoms with Gasteiger partial charge >= 0.3 is 0 Å². The van der Waals surface area contributed by atoms with Gasteiger partial charge in [-0.1, -0.05) is 20.8 Å². The number of rotatable bonds is 4. The number of hydrogen-bond acceptors (Lipinski definition) is 3. The Bertz CT molecular complexity index is 557. The lowest BCUT2D eigenvalue weighted by Crippen LogP contribution is -2.33. The van der Waals surface area contributed by atoms with Gasteiger partial charge in [-0.25, -0.2) is 0 Å². The zero-order valence-electron chi connectivity index (χ0n) is 14.4. The number of fused-ring (bicyclic) bond motifs is 1. The highest BCUT2D eigenvalue weighted by atomic mass is 35.5. The smallest absolute Gasteiger partial charge is 0.257 e. The highest BCUT2D eigenvalue weighted by Gasteiger charge is 2.43. The Hall–Kier alpha value is -1.07. The van der Waals surface area contributed by atoms with Crippen LogP contribution in [0.3, 0.4) is 0 Å². The maximum atomic E-state index is 12.9. The van der Waals surface area contributed by atoms with E-state index in [9.17, 15) is 4.79 Å². The fourth-order valence-corrected chi connectivity index (χ4v) is 4.11. The number of aromatic nitrogens is 2. The van der Waals surface area contributed by atoms with Crippen molar-refractivity contribution in [3.8, 4) is 0 Å². The summed E-state index contributed by atoms with van der Waals surface area (Å²) >= 11 is 0. The van der Waals surface area contributed by atoms with Gasteiger partial charge in [0.05, 0.1) is 17.5 Å². The van der Waals surface area contributed by atoms with E-state index < -0.39 is 0 Å². The van der Waals surface area contributed by atoms with E-state index in [0.717, 1.165) is 43.7 Å². The van der Waals surface area contributed by atoms with Crippen LogP contribution >= 0.6 is 12.4 Å². The van der Waals surface area contributed by atoms with E-state index >= 15 is 0 Å². The lowest BCUT2D eigenvalue weighted by Gasteiger charge is -2.19. The Labute approximate surface area is 145 Å². The van der Waals surface area contributed by atoms with Crippen LogP contribution < -0.4 is 5.73 Å². The van der Waals surface area contributed by atoms with Crippen molar-refractivity contribution in [3.63, 3.8) is 0 Å². The van der Waals surface area contributed by atoms with Gasteiger partial charge in [-0.2, -0.15) is 5.10 Å². The topological polar surface area (TPSA) is 64.2 Å². The summed E-state index contributed by atoms with van der Waals surface area (Å²) in [6.07, 6.45) is 4.89. The van der Waals surface area contributed by atoms with Gasteiger partial charge in [0.1, 0.15) is 0 Å². The van der Waals surface area contributed by atoms with Crippen LogP contribution in [0.25, 0.3) is 0 Å². The molecule has 23 heavy (non-hydrogen) atoms. The van der Waals surface area contributed by atoms with Crippen molar-refractivity contribution < 1.29 is 4.79 Å². The van der Waals surface area contributed by atoms with Gasteiger partial charge in [-0.15, -0.1) is 12.4 Å². The van der Waals surface area contributed by atoms with Crippen molar-refractivity contribution in [2.75, 3.05) is 13.1 Å². The molecule has 1 amide bonds. The highest BCUT2D eigenvalue weighted by Crippen LogP contribution is 2.37. The number of halogens is 1. The van der Waals surface area contributed by atoms with E-state index in [4.69, 9.17) is 5.73 Å². The molecule has 2 fully saturated rings. The van der Waals surface area contributed by atoms with E-state index in [1.807, 2.05) is 9.58 Å². The first kappa shape index (κ1) is 18.3. The third-order valence-electron chi connectivity index (χ3n) is 5.25. The van der Waals surface area contributed by atoms with E-state index in [2.05, 4.69) is 25.9 Å². The number of carbonyl (C=O) groups excluding carboxylic acids is 1. The van der Waals surface area contributed by atoms with Gasteiger partial charge in [-0.3, -0.25) is 9.48 Å². The fourth-order valence-electron chi connectivity index (χ4n) is 4.11. The number of nitrogens with two attached hydrogens (primary N) is 1. The fraction of sp³-hybridized carbons (Fsp3) is 0.765. The molecule has 0 aromatic carbocycles. The minimum Gasteiger partial charge on any atom is -0.338 e. The molecule has 1 saturated heterocycles. The van der Waals surface area contributed by atoms with Crippen molar-refractivity contribution >= 4 is 18.3 Å². The molecule has 6 heteroatoms. The minimum absolute atomic E-state index is 0. The van der Waals surface area contributed by atoms with Crippen LogP contribution in [0.2, 0.25) is 0 Å². The predicted octanol–water partition coefficient (Wildman–Crippen LogP) is 2.33. The highest BCUT2D eigenvalue weighted by molar-refractivity contribution is 5.95. The maximum Gasteiger partial charge on any atom is 0.257 e. The second-order valence-corrected chi connectivity index (χ2v) is 7.31. The molecule has 3 atom stereocenters. The Kier molecular flexibility index (Phi) is 5.74. The number of nitrogens with zero attached hydrogens (tertiary/aromatic N) is 3. The number of hydrogen-bond donors (Lipinski definition) is 1. The SMILES string of the molecule is CCc1c(C(=O)N2CC3CCC(N)C3C2)cnn1CC(C)C.Cl. The van der Waals surface area contributed by atoms with Gasteiger partial charge in [0.15, 0.2) is 0 Å². The summed E-state index contributed by atoms with van der Waals surface area (Å²) in [5, 5.41) is 4.45. The van der Waals surface area contributed by atoms with Crippen LogP contribution in [-0.4, -0.2) is 39.7 Å². The van der Waals surface area contributed by atoms with Gasteiger partial charge in [0.2, 0.25) is 0 Å². The number of likely N-dealkylation sites (tertiary alicyclic amines) is 1. The van der Waals surface area contributed by atoms with Crippen LogP contribution in [0.5, 0.6) is 0 Å². The second kappa shape index (κ2) is 7.22. The summed E-state index contributed by atoms with van der Waals surface area (Å²) in [7, 11) is 0.